The van der Waals surface area contributed by atoms with Gasteiger partial charge >= 0.3 is 0 Å². The molecule has 2 rings (SSSR count). The lowest BCUT2D eigenvalue weighted by Gasteiger charge is -1.77. The maximum Gasteiger partial charge on any atom is 0.109 e. The lowest BCUT2D eigenvalue weighted by molar-refractivity contribution is 0.415. The molecule has 0 spiro atoms. The SMILES string of the molecule is c1n[nH]cc1[C@@H]1CO1. The Balaban J connectivity index is 2.28. The molecule has 2 heterocycles. The van der Waals surface area contributed by atoms with Gasteiger partial charge < -0.3 is 4.74 Å². The van der Waals surface area contributed by atoms with Gasteiger partial charge in [0.1, 0.15) is 6.10 Å². The Labute approximate surface area is 46.7 Å². The first-order valence-electron chi connectivity index (χ1n) is 2.57. The minimum Gasteiger partial charge on any atom is -0.368 e. The Morgan fingerprint density at radius 1 is 1.88 bits per heavy atom. The highest BCUT2D eigenvalue weighted by atomic mass is 16.6. The van der Waals surface area contributed by atoms with Gasteiger partial charge in [-0.1, -0.05) is 0 Å². The molecule has 42 valence electrons. The van der Waals surface area contributed by atoms with Crippen molar-refractivity contribution in [3.63, 3.8) is 0 Å². The summed E-state index contributed by atoms with van der Waals surface area (Å²) in [6, 6.07) is 0. The molecule has 0 amide bonds. The molecule has 1 N–H and O–H groups in total. The molecule has 1 atom stereocenters. The van der Waals surface area contributed by atoms with Crippen LogP contribution in [0.2, 0.25) is 0 Å². The van der Waals surface area contributed by atoms with Crippen LogP contribution in [-0.4, -0.2) is 16.8 Å². The van der Waals surface area contributed by atoms with Crippen molar-refractivity contribution in [1.29, 1.82) is 0 Å². The molecule has 1 aliphatic rings. The van der Waals surface area contributed by atoms with Gasteiger partial charge in [0.05, 0.1) is 12.8 Å². The van der Waals surface area contributed by atoms with Crippen molar-refractivity contribution in [3.8, 4) is 0 Å². The highest BCUT2D eigenvalue weighted by Gasteiger charge is 2.24. The van der Waals surface area contributed by atoms with Crippen molar-refractivity contribution >= 4 is 0 Å². The molecule has 8 heavy (non-hydrogen) atoms. The molecule has 0 aliphatic carbocycles. The summed E-state index contributed by atoms with van der Waals surface area (Å²) in [4.78, 5) is 0. The first kappa shape index (κ1) is 4.09. The van der Waals surface area contributed by atoms with E-state index in [4.69, 9.17) is 4.74 Å². The van der Waals surface area contributed by atoms with Crippen LogP contribution in [0.5, 0.6) is 0 Å². The largest absolute Gasteiger partial charge is 0.368 e. The third-order valence-corrected chi connectivity index (χ3v) is 1.22. The fourth-order valence-corrected chi connectivity index (χ4v) is 0.678. The zero-order valence-corrected chi connectivity index (χ0v) is 4.29. The Kier molecular flexibility index (Phi) is 0.676. The normalized spacial score (nSPS) is 25.8. The minimum atomic E-state index is 0.341. The molecular formula is C5H6N2O. The predicted molar refractivity (Wildman–Crippen MR) is 27.3 cm³/mol. The lowest BCUT2D eigenvalue weighted by Crippen LogP contribution is -1.69. The van der Waals surface area contributed by atoms with Crippen LogP contribution >= 0.6 is 0 Å². The van der Waals surface area contributed by atoms with Crippen molar-refractivity contribution < 1.29 is 4.74 Å². The topological polar surface area (TPSA) is 41.2 Å². The summed E-state index contributed by atoms with van der Waals surface area (Å²) in [7, 11) is 0. The maximum atomic E-state index is 4.99. The summed E-state index contributed by atoms with van der Waals surface area (Å²) >= 11 is 0. The number of aromatic nitrogens is 2. The number of hydrogen-bond acceptors (Lipinski definition) is 2. The van der Waals surface area contributed by atoms with E-state index >= 15 is 0 Å². The Hall–Kier alpha value is -0.830. The van der Waals surface area contributed by atoms with Gasteiger partial charge in [0.25, 0.3) is 0 Å². The molecule has 1 saturated heterocycles. The Morgan fingerprint density at radius 3 is 3.25 bits per heavy atom. The van der Waals surface area contributed by atoms with Crippen molar-refractivity contribution in [3.05, 3.63) is 18.0 Å². The first-order valence-corrected chi connectivity index (χ1v) is 2.57. The van der Waals surface area contributed by atoms with Gasteiger partial charge in [-0.2, -0.15) is 5.10 Å². The number of H-pyrrole nitrogens is 1. The van der Waals surface area contributed by atoms with Gasteiger partial charge in [-0.15, -0.1) is 0 Å². The second-order valence-electron chi connectivity index (χ2n) is 1.85. The highest BCUT2D eigenvalue weighted by molar-refractivity contribution is 5.10. The van der Waals surface area contributed by atoms with Gasteiger partial charge in [-0.3, -0.25) is 5.10 Å². The van der Waals surface area contributed by atoms with Crippen LogP contribution in [-0.2, 0) is 4.74 Å². The Morgan fingerprint density at radius 2 is 2.75 bits per heavy atom. The number of aromatic amines is 1. The number of nitrogens with zero attached hydrogens (tertiary/aromatic N) is 1. The van der Waals surface area contributed by atoms with Crippen LogP contribution in [0.3, 0.4) is 0 Å². The second-order valence-corrected chi connectivity index (χ2v) is 1.85. The van der Waals surface area contributed by atoms with Crippen LogP contribution < -0.4 is 0 Å². The van der Waals surface area contributed by atoms with E-state index in [9.17, 15) is 0 Å². The Bertz CT molecular complexity index is 167. The second kappa shape index (κ2) is 1.32. The van der Waals surface area contributed by atoms with Gasteiger partial charge in [-0.05, 0) is 0 Å². The molecule has 3 nitrogen and oxygen atoms in total. The van der Waals surface area contributed by atoms with Crippen LogP contribution in [0.25, 0.3) is 0 Å². The molecule has 0 bridgehead atoms. The molecule has 1 aromatic heterocycles. The molecule has 1 fully saturated rings. The van der Waals surface area contributed by atoms with Crippen molar-refractivity contribution in [2.45, 2.75) is 6.10 Å². The number of hydrogen-bond donors (Lipinski definition) is 1. The average Bonchev–Trinajstić information content (AvgIpc) is 2.49. The number of nitrogens with one attached hydrogen (secondary N) is 1. The van der Waals surface area contributed by atoms with E-state index in [0.29, 0.717) is 6.10 Å². The van der Waals surface area contributed by atoms with Crippen LogP contribution in [0.4, 0.5) is 0 Å². The van der Waals surface area contributed by atoms with Gasteiger partial charge in [-0.25, -0.2) is 0 Å². The van der Waals surface area contributed by atoms with Crippen LogP contribution in [0, 0.1) is 0 Å². The maximum absolute atomic E-state index is 4.99. The van der Waals surface area contributed by atoms with E-state index in [2.05, 4.69) is 10.2 Å². The molecule has 0 aromatic carbocycles. The van der Waals surface area contributed by atoms with E-state index in [1.807, 2.05) is 6.20 Å². The van der Waals surface area contributed by atoms with Gasteiger partial charge in [0.15, 0.2) is 0 Å². The minimum absolute atomic E-state index is 0.341. The van der Waals surface area contributed by atoms with E-state index in [1.54, 1.807) is 6.20 Å². The van der Waals surface area contributed by atoms with E-state index < -0.39 is 0 Å². The van der Waals surface area contributed by atoms with Gasteiger partial charge in [0.2, 0.25) is 0 Å². The van der Waals surface area contributed by atoms with Crippen molar-refractivity contribution in [1.82, 2.24) is 10.2 Å². The smallest absolute Gasteiger partial charge is 0.109 e. The zero-order valence-electron chi connectivity index (χ0n) is 4.29. The quantitative estimate of drug-likeness (QED) is 0.534. The van der Waals surface area contributed by atoms with Crippen LogP contribution in [0.1, 0.15) is 11.7 Å². The third-order valence-electron chi connectivity index (χ3n) is 1.22. The standard InChI is InChI=1S/C5H6N2O/c1-4(2-7-6-1)5-3-8-5/h1-2,5H,3H2,(H,6,7)/t5-/m0/s1. The van der Waals surface area contributed by atoms with E-state index in [-0.39, 0.29) is 0 Å². The monoisotopic (exact) mass is 110 g/mol. The zero-order chi connectivity index (χ0) is 5.40. The van der Waals surface area contributed by atoms with Crippen molar-refractivity contribution in [2.75, 3.05) is 6.61 Å². The van der Waals surface area contributed by atoms with E-state index in [1.165, 1.54) is 0 Å². The number of rotatable bonds is 1. The fourth-order valence-electron chi connectivity index (χ4n) is 0.678. The molecule has 1 aliphatic heterocycles. The van der Waals surface area contributed by atoms with E-state index in [0.717, 1.165) is 12.2 Å². The van der Waals surface area contributed by atoms with Crippen molar-refractivity contribution in [2.24, 2.45) is 0 Å². The highest BCUT2D eigenvalue weighted by Crippen LogP contribution is 2.27. The molecule has 0 unspecified atom stereocenters. The number of epoxide rings is 1. The van der Waals surface area contributed by atoms with Crippen LogP contribution in [0.15, 0.2) is 12.4 Å². The summed E-state index contributed by atoms with van der Waals surface area (Å²) in [5, 5.41) is 6.50. The molecule has 3 heteroatoms. The molecular weight excluding hydrogens is 104 g/mol. The summed E-state index contributed by atoms with van der Waals surface area (Å²) in [5.41, 5.74) is 1.16. The summed E-state index contributed by atoms with van der Waals surface area (Å²) in [6.07, 6.45) is 3.99. The lowest BCUT2D eigenvalue weighted by atomic mass is 10.3. The predicted octanol–water partition coefficient (Wildman–Crippen LogP) is 0.481. The summed E-state index contributed by atoms with van der Waals surface area (Å²) < 4.78 is 4.99. The summed E-state index contributed by atoms with van der Waals surface area (Å²) in [5.74, 6) is 0. The summed E-state index contributed by atoms with van der Waals surface area (Å²) in [6.45, 7) is 0.861. The van der Waals surface area contributed by atoms with Gasteiger partial charge in [0, 0.05) is 11.8 Å². The molecule has 0 saturated carbocycles. The number of ether oxygens (including phenoxy) is 1. The molecule has 0 radical (unpaired) electrons. The third kappa shape index (κ3) is 0.518. The molecule has 1 aromatic rings. The fraction of sp³-hybridized carbons (Fsp3) is 0.400. The first-order chi connectivity index (χ1) is 3.97. The average molecular weight is 110 g/mol.